The zero-order valence-corrected chi connectivity index (χ0v) is 40.8. The number of rotatable bonds is 0. The van der Waals surface area contributed by atoms with Crippen LogP contribution in [0.1, 0.15) is 122 Å². The minimum absolute atomic E-state index is 0.286. The van der Waals surface area contributed by atoms with Crippen LogP contribution in [0.15, 0.2) is 35.5 Å². The molecule has 0 aliphatic carbocycles. The van der Waals surface area contributed by atoms with E-state index in [0.29, 0.717) is 18.8 Å². The van der Waals surface area contributed by atoms with Gasteiger partial charge in [0, 0.05) is 73.7 Å². The molecule has 11 aliphatic rings. The first kappa shape index (κ1) is 57.2. The largest absolute Gasteiger partial charge is 0.449 e. The maximum absolute atomic E-state index is 11.2. The maximum atomic E-state index is 11.2. The van der Waals surface area contributed by atoms with Crippen LogP contribution in [0.25, 0.3) is 0 Å². The fourth-order valence-electron chi connectivity index (χ4n) is 7.04. The first-order valence-electron chi connectivity index (χ1n) is 24.7. The molecular weight excluding hydrogens is 837 g/mol. The Labute approximate surface area is 388 Å². The van der Waals surface area contributed by atoms with Crippen LogP contribution in [0.3, 0.4) is 0 Å². The Balaban J connectivity index is 0.000000242. The van der Waals surface area contributed by atoms with E-state index in [1.54, 1.807) is 11.8 Å². The molecule has 0 saturated carbocycles. The molecule has 9 saturated heterocycles. The van der Waals surface area contributed by atoms with E-state index in [9.17, 15) is 9.00 Å². The molecule has 1 atom stereocenters. The number of piperidine rings is 2. The highest BCUT2D eigenvalue weighted by Gasteiger charge is 2.31. The van der Waals surface area contributed by atoms with Crippen LogP contribution in [0.5, 0.6) is 0 Å². The van der Waals surface area contributed by atoms with Crippen LogP contribution in [0, 0.1) is 0 Å². The third kappa shape index (κ3) is 40.1. The van der Waals surface area contributed by atoms with Gasteiger partial charge in [-0.1, -0.05) is 25.3 Å². The molecule has 1 unspecified atom stereocenters. The van der Waals surface area contributed by atoms with Crippen molar-refractivity contribution in [2.75, 3.05) is 111 Å². The van der Waals surface area contributed by atoms with Crippen molar-refractivity contribution in [3.8, 4) is 0 Å². The molecule has 2 bridgehead atoms. The number of hydrazine groups is 1. The summed E-state index contributed by atoms with van der Waals surface area (Å²) in [5.41, 5.74) is 5.94. The topological polar surface area (TPSA) is 182 Å². The number of hydrogen-bond acceptors (Lipinski definition) is 14. The third-order valence-corrected chi connectivity index (χ3v) is 13.0. The summed E-state index contributed by atoms with van der Waals surface area (Å²) in [6.07, 6.45) is 33.8. The molecule has 11 aliphatic heterocycles. The highest BCUT2D eigenvalue weighted by atomic mass is 32.2. The van der Waals surface area contributed by atoms with Gasteiger partial charge in [0.1, 0.15) is 0 Å². The Morgan fingerprint density at radius 3 is 1.35 bits per heavy atom. The number of carbonyl (C=O) groups excluding carboxylic acids is 1. The van der Waals surface area contributed by atoms with Gasteiger partial charge in [0.15, 0.2) is 0 Å². The number of fused-ring (bicyclic) bond motifs is 2. The van der Waals surface area contributed by atoms with Crippen molar-refractivity contribution in [1.29, 1.82) is 0 Å². The maximum Gasteiger partial charge on any atom is 0.407 e. The molecule has 0 aromatic rings. The van der Waals surface area contributed by atoms with Gasteiger partial charge in [-0.2, -0.15) is 0 Å². The molecule has 1 amide bonds. The second kappa shape index (κ2) is 44.0. The van der Waals surface area contributed by atoms with Crippen LogP contribution in [-0.4, -0.2) is 139 Å². The molecule has 11 heterocycles. The summed E-state index contributed by atoms with van der Waals surface area (Å²) in [4.78, 5) is 10.1. The Bertz CT molecular complexity index is 1050. The Morgan fingerprint density at radius 2 is 1.10 bits per heavy atom. The highest BCUT2D eigenvalue weighted by Crippen LogP contribution is 2.33. The molecule has 0 aromatic heterocycles. The van der Waals surface area contributed by atoms with E-state index in [2.05, 4.69) is 69.5 Å². The summed E-state index contributed by atoms with van der Waals surface area (Å²) in [6.45, 7) is 17.0. The average Bonchev–Trinajstić information content (AvgIpc) is 4.25. The van der Waals surface area contributed by atoms with Crippen LogP contribution >= 0.6 is 11.8 Å². The number of carbonyl (C=O) groups is 1. The van der Waals surface area contributed by atoms with Gasteiger partial charge in [-0.25, -0.2) is 9.52 Å². The van der Waals surface area contributed by atoms with Crippen LogP contribution in [0.2, 0.25) is 0 Å². The summed E-state index contributed by atoms with van der Waals surface area (Å²) in [5, 5.41) is 25.5. The standard InChI is InChI=1S/C6H13NOS.C6H10O.2C5H11N.C5H9N.C4H7NO2.C4H9NO.C4H5NS.C4H9N.C3H8N2/c1-9(8)6-4-2-3-5-7-9;1-2-6-4-3-5(1)7-6;3*1-2-4-6-5-3-1;6-4-5-2-1-3-7-4;2*1-3-6-4-2-5-1;2*1-2-4-5-3-1/h1-6H2,(H,7,8);5-6H,1-4H2;2*6H,1-5H2;2,4,6H,1,3,5H2;1-3H2,(H,5,6);5H,1-4H2;1-5H;5H,1-4H2;4-5H,1-3H2. The molecule has 0 spiro atoms. The lowest BCUT2D eigenvalue weighted by Crippen LogP contribution is -2.31. The molecule has 10 N–H and O–H groups in total. The SMILES string of the molecule is C1=CNCCC1.C1=CSC=CN1.C1CC2CCC1O2.C1CCNC1.C1CCNCC1.C1CCNCC1.C1CNNC1.C1COCCN1.C=S1(=O)CCCCCN1.O=C1NCCCO1. The van der Waals surface area contributed by atoms with Gasteiger partial charge in [0.05, 0.1) is 32.0 Å². The molecule has 63 heavy (non-hydrogen) atoms. The minimum Gasteiger partial charge on any atom is -0.449 e. The number of hydrogen-bond donors (Lipinski definition) is 10. The first-order chi connectivity index (χ1) is 31.1. The molecule has 11 rings (SSSR count). The summed E-state index contributed by atoms with van der Waals surface area (Å²) >= 11 is 1.67. The van der Waals surface area contributed by atoms with Gasteiger partial charge in [0.2, 0.25) is 0 Å². The monoisotopic (exact) mass is 929 g/mol. The smallest absolute Gasteiger partial charge is 0.407 e. The predicted molar refractivity (Wildman–Crippen MR) is 268 cm³/mol. The van der Waals surface area contributed by atoms with Gasteiger partial charge in [-0.3, -0.25) is 15.1 Å². The van der Waals surface area contributed by atoms with Crippen molar-refractivity contribution in [2.45, 2.75) is 134 Å². The fourth-order valence-corrected chi connectivity index (χ4v) is 8.77. The quantitative estimate of drug-likeness (QED) is 0.147. The lowest BCUT2D eigenvalue weighted by Gasteiger charge is -2.10. The van der Waals surface area contributed by atoms with Crippen molar-refractivity contribution in [3.05, 3.63) is 35.5 Å². The Kier molecular flexibility index (Phi) is 39.9. The van der Waals surface area contributed by atoms with Crippen molar-refractivity contribution in [1.82, 2.24) is 52.8 Å². The van der Waals surface area contributed by atoms with Crippen LogP contribution < -0.4 is 52.8 Å². The van der Waals surface area contributed by atoms with Gasteiger partial charge in [0.25, 0.3) is 0 Å². The second-order valence-corrected chi connectivity index (χ2v) is 19.6. The van der Waals surface area contributed by atoms with Crippen molar-refractivity contribution >= 4 is 33.4 Å². The molecular formula is C46H92N10O5S2. The predicted octanol–water partition coefficient (Wildman–Crippen LogP) is 4.96. The van der Waals surface area contributed by atoms with Gasteiger partial charge >= 0.3 is 6.09 Å². The zero-order valence-electron chi connectivity index (χ0n) is 39.1. The van der Waals surface area contributed by atoms with Crippen LogP contribution in [0.4, 0.5) is 4.79 Å². The summed E-state index contributed by atoms with van der Waals surface area (Å²) < 4.78 is 29.1. The average molecular weight is 929 g/mol. The molecule has 0 radical (unpaired) electrons. The summed E-state index contributed by atoms with van der Waals surface area (Å²) in [5.74, 6) is 4.36. The van der Waals surface area contributed by atoms with E-state index in [1.165, 1.54) is 142 Å². The van der Waals surface area contributed by atoms with E-state index in [1.807, 2.05) is 29.4 Å². The third-order valence-electron chi connectivity index (χ3n) is 10.7. The zero-order chi connectivity index (χ0) is 44.8. The lowest BCUT2D eigenvalue weighted by molar-refractivity contribution is 0.105. The van der Waals surface area contributed by atoms with E-state index >= 15 is 0 Å². The molecule has 0 aromatic carbocycles. The number of ether oxygens (including phenoxy) is 3. The summed E-state index contributed by atoms with van der Waals surface area (Å²) in [7, 11) is -1.87. The Hall–Kier alpha value is -1.90. The number of amides is 1. The first-order valence-corrected chi connectivity index (χ1v) is 27.5. The van der Waals surface area contributed by atoms with Crippen molar-refractivity contribution < 1.29 is 23.2 Å². The number of allylic oxidation sites excluding steroid dienone is 1. The normalized spacial score (nSPS) is 27.2. The molecule has 9 fully saturated rings. The number of thioether (sulfide) groups is 1. The van der Waals surface area contributed by atoms with Gasteiger partial charge in [-0.15, -0.1) is 11.8 Å². The van der Waals surface area contributed by atoms with Gasteiger partial charge in [-0.05, 0) is 165 Å². The minimum atomic E-state index is -1.87. The molecule has 17 heteroatoms. The summed E-state index contributed by atoms with van der Waals surface area (Å²) in [6, 6.07) is 0. The second-order valence-electron chi connectivity index (χ2n) is 16.5. The number of nitrogens with one attached hydrogen (secondary N) is 10. The molecule has 368 valence electrons. The van der Waals surface area contributed by atoms with Crippen molar-refractivity contribution in [2.24, 2.45) is 0 Å². The van der Waals surface area contributed by atoms with Crippen molar-refractivity contribution in [3.63, 3.8) is 0 Å². The van der Waals surface area contributed by atoms with Crippen LogP contribution in [-0.2, 0) is 23.9 Å². The molecule has 15 nitrogen and oxygen atoms in total. The van der Waals surface area contributed by atoms with E-state index < -0.39 is 9.71 Å². The fraction of sp³-hybridized carbons (Fsp3) is 0.826. The number of morpholine rings is 1. The van der Waals surface area contributed by atoms with E-state index in [4.69, 9.17) is 9.47 Å². The van der Waals surface area contributed by atoms with E-state index in [-0.39, 0.29) is 6.09 Å². The highest BCUT2D eigenvalue weighted by molar-refractivity contribution is 8.04. The Morgan fingerprint density at radius 1 is 0.556 bits per heavy atom. The lowest BCUT2D eigenvalue weighted by atomic mass is 10.0. The number of cyclic esters (lactones) is 1. The number of alkyl carbamates (subject to hydrolysis) is 1. The van der Waals surface area contributed by atoms with Gasteiger partial charge < -0.3 is 51.4 Å². The van der Waals surface area contributed by atoms with E-state index in [0.717, 1.165) is 84.0 Å².